The Hall–Kier alpha value is -2.53. The number of aryl methyl sites for hydroxylation is 1. The molecule has 1 N–H and O–H groups in total. The number of fused-ring (bicyclic) bond motifs is 1. The molecule has 0 saturated heterocycles. The highest BCUT2D eigenvalue weighted by Gasteiger charge is 2.37. The predicted molar refractivity (Wildman–Crippen MR) is 97.0 cm³/mol. The van der Waals surface area contributed by atoms with Gasteiger partial charge in [0.1, 0.15) is 18.4 Å². The summed E-state index contributed by atoms with van der Waals surface area (Å²) in [6.07, 6.45) is 0. The van der Waals surface area contributed by atoms with Crippen LogP contribution in [0.2, 0.25) is 5.02 Å². The van der Waals surface area contributed by atoms with Crippen LogP contribution in [0.15, 0.2) is 42.5 Å². The summed E-state index contributed by atoms with van der Waals surface area (Å²) < 4.78 is 5.69. The summed E-state index contributed by atoms with van der Waals surface area (Å²) in [7, 11) is 0. The first-order chi connectivity index (χ1) is 12.0. The van der Waals surface area contributed by atoms with Crippen molar-refractivity contribution in [2.24, 2.45) is 0 Å². The molecule has 0 spiro atoms. The van der Waals surface area contributed by atoms with E-state index in [1.54, 1.807) is 29.2 Å². The van der Waals surface area contributed by atoms with Crippen LogP contribution in [0.25, 0.3) is 0 Å². The Kier molecular flexibility index (Phi) is 4.95. The first-order valence-electron chi connectivity index (χ1n) is 8.03. The molecule has 0 fully saturated rings. The topological polar surface area (TPSA) is 58.6 Å². The number of rotatable bonds is 5. The normalized spacial score (nSPS) is 15.9. The minimum absolute atomic E-state index is 0.143. The fourth-order valence-corrected chi connectivity index (χ4v) is 3.04. The van der Waals surface area contributed by atoms with Crippen LogP contribution in [0, 0.1) is 6.92 Å². The quantitative estimate of drug-likeness (QED) is 0.892. The number of carbonyl (C=O) groups is 2. The molecule has 25 heavy (non-hydrogen) atoms. The monoisotopic (exact) mass is 358 g/mol. The van der Waals surface area contributed by atoms with Gasteiger partial charge in [-0.3, -0.25) is 9.59 Å². The van der Waals surface area contributed by atoms with Gasteiger partial charge in [0.2, 0.25) is 5.91 Å². The molecular formula is C19H19ClN2O3. The summed E-state index contributed by atoms with van der Waals surface area (Å²) in [5.74, 6) is 0.319. The van der Waals surface area contributed by atoms with Gasteiger partial charge >= 0.3 is 0 Å². The first kappa shape index (κ1) is 17.3. The van der Waals surface area contributed by atoms with Crippen LogP contribution in [0.1, 0.15) is 24.1 Å². The van der Waals surface area contributed by atoms with Crippen molar-refractivity contribution in [1.82, 2.24) is 5.32 Å². The van der Waals surface area contributed by atoms with E-state index in [4.69, 9.17) is 16.3 Å². The van der Waals surface area contributed by atoms with Crippen molar-refractivity contribution in [2.75, 3.05) is 18.1 Å². The van der Waals surface area contributed by atoms with Crippen molar-refractivity contribution >= 4 is 29.1 Å². The SMILES string of the molecule is CC(=O)N[C@@H]1C(=O)N(CCOc2ccc(Cl)cc2)c2ccc(C)cc21. The van der Waals surface area contributed by atoms with Gasteiger partial charge in [0.05, 0.1) is 6.54 Å². The van der Waals surface area contributed by atoms with Gasteiger partial charge in [-0.1, -0.05) is 29.3 Å². The number of nitrogens with one attached hydrogen (secondary N) is 1. The standard InChI is InChI=1S/C19H19ClN2O3/c1-12-3-8-17-16(11-12)18(21-13(2)23)19(24)22(17)9-10-25-15-6-4-14(20)5-7-15/h3-8,11,18H,9-10H2,1-2H3,(H,21,23)/t18-/m0/s1. The highest BCUT2D eigenvalue weighted by atomic mass is 35.5. The summed E-state index contributed by atoms with van der Waals surface area (Å²) >= 11 is 5.85. The Bertz CT molecular complexity index is 805. The Morgan fingerprint density at radius 3 is 2.64 bits per heavy atom. The summed E-state index contributed by atoms with van der Waals surface area (Å²) in [5, 5.41) is 3.38. The molecule has 5 nitrogen and oxygen atoms in total. The number of amides is 2. The lowest BCUT2D eigenvalue weighted by Gasteiger charge is -2.18. The zero-order valence-corrected chi connectivity index (χ0v) is 14.8. The molecule has 1 aliphatic rings. The molecule has 0 bridgehead atoms. The van der Waals surface area contributed by atoms with Gasteiger partial charge in [0, 0.05) is 23.2 Å². The number of halogens is 1. The van der Waals surface area contributed by atoms with E-state index in [9.17, 15) is 9.59 Å². The third-order valence-corrected chi connectivity index (χ3v) is 4.29. The molecule has 2 amide bonds. The van der Waals surface area contributed by atoms with Crippen LogP contribution < -0.4 is 15.0 Å². The molecule has 1 heterocycles. The van der Waals surface area contributed by atoms with Gasteiger partial charge in [0.15, 0.2) is 0 Å². The molecule has 6 heteroatoms. The molecule has 0 radical (unpaired) electrons. The molecule has 0 unspecified atom stereocenters. The second kappa shape index (κ2) is 7.15. The van der Waals surface area contributed by atoms with Crippen LogP contribution in [0.4, 0.5) is 5.69 Å². The number of hydrogen-bond donors (Lipinski definition) is 1. The molecule has 130 valence electrons. The van der Waals surface area contributed by atoms with Crippen molar-refractivity contribution in [1.29, 1.82) is 0 Å². The van der Waals surface area contributed by atoms with E-state index in [-0.39, 0.29) is 11.8 Å². The zero-order chi connectivity index (χ0) is 18.0. The lowest BCUT2D eigenvalue weighted by molar-refractivity contribution is -0.126. The Morgan fingerprint density at radius 2 is 1.96 bits per heavy atom. The van der Waals surface area contributed by atoms with E-state index in [1.165, 1.54) is 6.92 Å². The number of anilines is 1. The van der Waals surface area contributed by atoms with Crippen molar-refractivity contribution in [2.45, 2.75) is 19.9 Å². The third kappa shape index (κ3) is 3.77. The Morgan fingerprint density at radius 1 is 1.24 bits per heavy atom. The van der Waals surface area contributed by atoms with Crippen LogP contribution in [-0.2, 0) is 9.59 Å². The highest BCUT2D eigenvalue weighted by Crippen LogP contribution is 2.36. The summed E-state index contributed by atoms with van der Waals surface area (Å²) in [6.45, 7) is 4.11. The highest BCUT2D eigenvalue weighted by molar-refractivity contribution is 6.30. The summed E-state index contributed by atoms with van der Waals surface area (Å²) in [6, 6.07) is 12.2. The summed E-state index contributed by atoms with van der Waals surface area (Å²) in [5.41, 5.74) is 2.68. The van der Waals surface area contributed by atoms with Crippen LogP contribution in [0.3, 0.4) is 0 Å². The second-order valence-electron chi connectivity index (χ2n) is 5.99. The number of carbonyl (C=O) groups excluding carboxylic acids is 2. The van der Waals surface area contributed by atoms with Gasteiger partial charge in [-0.15, -0.1) is 0 Å². The minimum Gasteiger partial charge on any atom is -0.492 e. The van der Waals surface area contributed by atoms with Crippen molar-refractivity contribution in [3.05, 3.63) is 58.6 Å². The van der Waals surface area contributed by atoms with Gasteiger partial charge in [-0.25, -0.2) is 0 Å². The molecule has 0 saturated carbocycles. The number of nitrogens with zero attached hydrogens (tertiary/aromatic N) is 1. The van der Waals surface area contributed by atoms with Gasteiger partial charge < -0.3 is 15.0 Å². The third-order valence-electron chi connectivity index (χ3n) is 4.04. The summed E-state index contributed by atoms with van der Waals surface area (Å²) in [4.78, 5) is 25.8. The maximum Gasteiger partial charge on any atom is 0.254 e. The van der Waals surface area contributed by atoms with Crippen LogP contribution >= 0.6 is 11.6 Å². The Balaban J connectivity index is 1.74. The van der Waals surface area contributed by atoms with Gasteiger partial charge in [-0.2, -0.15) is 0 Å². The van der Waals surface area contributed by atoms with Crippen molar-refractivity contribution in [3.8, 4) is 5.75 Å². The number of benzene rings is 2. The average Bonchev–Trinajstić information content (AvgIpc) is 2.81. The molecule has 1 atom stereocenters. The van der Waals surface area contributed by atoms with Crippen LogP contribution in [0.5, 0.6) is 5.75 Å². The fourth-order valence-electron chi connectivity index (χ4n) is 2.92. The van der Waals surface area contributed by atoms with E-state index in [0.29, 0.717) is 23.9 Å². The minimum atomic E-state index is -0.636. The van der Waals surface area contributed by atoms with E-state index in [0.717, 1.165) is 16.8 Å². The van der Waals surface area contributed by atoms with Crippen molar-refractivity contribution in [3.63, 3.8) is 0 Å². The molecule has 0 aliphatic carbocycles. The van der Waals surface area contributed by atoms with Crippen molar-refractivity contribution < 1.29 is 14.3 Å². The van der Waals surface area contributed by atoms with E-state index in [1.807, 2.05) is 25.1 Å². The lowest BCUT2D eigenvalue weighted by Crippen LogP contribution is -2.38. The molecule has 2 aromatic rings. The van der Waals surface area contributed by atoms with E-state index < -0.39 is 6.04 Å². The molecule has 1 aliphatic heterocycles. The molecule has 2 aromatic carbocycles. The van der Waals surface area contributed by atoms with E-state index in [2.05, 4.69) is 5.32 Å². The fraction of sp³-hybridized carbons (Fsp3) is 0.263. The zero-order valence-electron chi connectivity index (χ0n) is 14.1. The van der Waals surface area contributed by atoms with E-state index >= 15 is 0 Å². The largest absolute Gasteiger partial charge is 0.492 e. The Labute approximate surface area is 151 Å². The molecular weight excluding hydrogens is 340 g/mol. The average molecular weight is 359 g/mol. The number of ether oxygens (including phenoxy) is 1. The second-order valence-corrected chi connectivity index (χ2v) is 6.42. The number of hydrogen-bond acceptors (Lipinski definition) is 3. The van der Waals surface area contributed by atoms with Gasteiger partial charge in [0.25, 0.3) is 5.91 Å². The smallest absolute Gasteiger partial charge is 0.254 e. The maximum absolute atomic E-state index is 12.7. The molecule has 3 rings (SSSR count). The molecule has 0 aromatic heterocycles. The lowest BCUT2D eigenvalue weighted by atomic mass is 10.1. The first-order valence-corrected chi connectivity index (χ1v) is 8.41. The maximum atomic E-state index is 12.7. The van der Waals surface area contributed by atoms with Gasteiger partial charge in [-0.05, 0) is 37.3 Å². The van der Waals surface area contributed by atoms with Crippen LogP contribution in [-0.4, -0.2) is 25.0 Å². The predicted octanol–water partition coefficient (Wildman–Crippen LogP) is 3.25.